The first-order valence-corrected chi connectivity index (χ1v) is 8.66. The molecule has 1 aliphatic heterocycles. The predicted molar refractivity (Wildman–Crippen MR) is 105 cm³/mol. The van der Waals surface area contributed by atoms with Gasteiger partial charge in [-0.3, -0.25) is 0 Å². The quantitative estimate of drug-likeness (QED) is 0.391. The number of nitrogens with zero attached hydrogens (tertiary/aromatic N) is 1. The number of hydrogen-bond acceptors (Lipinski definition) is 0. The van der Waals surface area contributed by atoms with Crippen LogP contribution < -0.4 is 0 Å². The molecule has 1 aliphatic rings. The Morgan fingerprint density at radius 1 is 0.600 bits per heavy atom. The first-order chi connectivity index (χ1) is 12.4. The van der Waals surface area contributed by atoms with Gasteiger partial charge < -0.3 is 0 Å². The Morgan fingerprint density at radius 2 is 1.32 bits per heavy atom. The van der Waals surface area contributed by atoms with E-state index in [9.17, 15) is 0 Å². The van der Waals surface area contributed by atoms with Gasteiger partial charge in [0.1, 0.15) is 0 Å². The van der Waals surface area contributed by atoms with Crippen LogP contribution in [0.4, 0.5) is 5.69 Å². The third-order valence-corrected chi connectivity index (χ3v) is 4.97. The Morgan fingerprint density at radius 3 is 2.24 bits per heavy atom. The van der Waals surface area contributed by atoms with Crippen molar-refractivity contribution in [2.45, 2.75) is 6.54 Å². The van der Waals surface area contributed by atoms with Crippen LogP contribution in [0, 0.1) is 0 Å². The molecule has 0 aliphatic carbocycles. The van der Waals surface area contributed by atoms with Crippen molar-refractivity contribution in [2.75, 3.05) is 0 Å². The van der Waals surface area contributed by atoms with Crippen molar-refractivity contribution >= 4 is 22.7 Å². The largest absolute Gasteiger partial charge is 0.206 e. The van der Waals surface area contributed by atoms with E-state index in [-0.39, 0.29) is 0 Å². The Kier molecular flexibility index (Phi) is 3.24. The normalized spacial score (nSPS) is 12.9. The van der Waals surface area contributed by atoms with Crippen LogP contribution in [-0.2, 0) is 6.54 Å². The minimum Gasteiger partial charge on any atom is -0.194 e. The molecule has 1 heterocycles. The highest BCUT2D eigenvalue weighted by Gasteiger charge is 2.20. The van der Waals surface area contributed by atoms with Gasteiger partial charge in [-0.25, -0.2) is 0 Å². The summed E-state index contributed by atoms with van der Waals surface area (Å²) < 4.78 is 2.36. The summed E-state index contributed by atoms with van der Waals surface area (Å²) >= 11 is 0. The number of fused-ring (bicyclic) bond motifs is 4. The molecule has 4 aromatic carbocycles. The van der Waals surface area contributed by atoms with E-state index in [1.807, 2.05) is 0 Å². The fourth-order valence-corrected chi connectivity index (χ4v) is 3.69. The van der Waals surface area contributed by atoms with Crippen LogP contribution >= 0.6 is 0 Å². The number of hydrogen-bond donors (Lipinski definition) is 0. The molecule has 25 heavy (non-hydrogen) atoms. The Hall–Kier alpha value is -3.19. The van der Waals surface area contributed by atoms with E-state index < -0.39 is 0 Å². The Labute approximate surface area is 147 Å². The van der Waals surface area contributed by atoms with Gasteiger partial charge >= 0.3 is 0 Å². The molecule has 1 heteroatoms. The second-order valence-electron chi connectivity index (χ2n) is 6.53. The maximum absolute atomic E-state index is 2.36. The Balaban J connectivity index is 1.73. The van der Waals surface area contributed by atoms with Gasteiger partial charge in [-0.05, 0) is 34.0 Å². The molecule has 0 amide bonds. The second-order valence-corrected chi connectivity index (χ2v) is 6.53. The molecule has 0 bridgehead atoms. The zero-order valence-corrected chi connectivity index (χ0v) is 13.9. The van der Waals surface area contributed by atoms with E-state index in [2.05, 4.69) is 102 Å². The van der Waals surface area contributed by atoms with E-state index in [1.54, 1.807) is 0 Å². The average molecular weight is 320 g/mol. The molecule has 0 spiro atoms. The van der Waals surface area contributed by atoms with Crippen LogP contribution in [0.3, 0.4) is 0 Å². The van der Waals surface area contributed by atoms with Gasteiger partial charge in [0.05, 0.1) is 0 Å². The fraction of sp³-hybridized carbons (Fsp3) is 0.0417. The summed E-state index contributed by atoms with van der Waals surface area (Å²) in [6.45, 7) is 0.878. The minimum absolute atomic E-state index is 0.878. The fourth-order valence-electron chi connectivity index (χ4n) is 3.69. The molecule has 0 saturated carbocycles. The smallest absolute Gasteiger partial charge is 0.194 e. The van der Waals surface area contributed by atoms with E-state index >= 15 is 0 Å². The van der Waals surface area contributed by atoms with Crippen molar-refractivity contribution in [3.63, 3.8) is 0 Å². The van der Waals surface area contributed by atoms with E-state index in [0.29, 0.717) is 0 Å². The number of benzene rings is 4. The molecule has 5 rings (SSSR count). The summed E-state index contributed by atoms with van der Waals surface area (Å²) in [6, 6.07) is 32.6. The molecule has 4 aromatic rings. The molecular weight excluding hydrogens is 302 g/mol. The molecule has 0 N–H and O–H groups in total. The highest BCUT2D eigenvalue weighted by atomic mass is 15.0. The van der Waals surface area contributed by atoms with E-state index in [4.69, 9.17) is 0 Å². The summed E-state index contributed by atoms with van der Waals surface area (Å²) in [5.41, 5.74) is 6.49. The van der Waals surface area contributed by atoms with E-state index in [1.165, 1.54) is 38.7 Å². The maximum atomic E-state index is 2.36. The molecule has 0 unspecified atom stereocenters. The zero-order chi connectivity index (χ0) is 16.6. The van der Waals surface area contributed by atoms with Crippen molar-refractivity contribution in [1.29, 1.82) is 0 Å². The molecule has 0 atom stereocenters. The third-order valence-electron chi connectivity index (χ3n) is 4.97. The van der Waals surface area contributed by atoms with Crippen LogP contribution in [-0.4, -0.2) is 10.8 Å². The van der Waals surface area contributed by atoms with Crippen molar-refractivity contribution in [3.05, 3.63) is 102 Å². The lowest BCUT2D eigenvalue weighted by atomic mass is 9.97. The molecule has 118 valence electrons. The lowest BCUT2D eigenvalue weighted by molar-refractivity contribution is -0.452. The van der Waals surface area contributed by atoms with Crippen LogP contribution in [0.2, 0.25) is 0 Å². The SMILES string of the molecule is C1=[N+](c2ccc3ccccc3c2)Cc2ccccc2-c2ccccc21. The summed E-state index contributed by atoms with van der Waals surface area (Å²) in [5.74, 6) is 0. The molecule has 0 radical (unpaired) electrons. The van der Waals surface area contributed by atoms with Crippen molar-refractivity contribution in [1.82, 2.24) is 0 Å². The minimum atomic E-state index is 0.878. The molecule has 0 fully saturated rings. The van der Waals surface area contributed by atoms with Gasteiger partial charge in [-0.2, -0.15) is 4.58 Å². The van der Waals surface area contributed by atoms with Crippen molar-refractivity contribution < 1.29 is 4.58 Å². The monoisotopic (exact) mass is 320 g/mol. The second kappa shape index (κ2) is 5.71. The standard InChI is InChI=1S/C24H18N/c1-2-8-19-15-22(14-13-18(19)7-1)25-16-20-9-3-5-11-23(20)24-12-6-4-10-21(24)17-25/h1-16H,17H2/q+1. The summed E-state index contributed by atoms with van der Waals surface area (Å²) in [6.07, 6.45) is 2.28. The predicted octanol–water partition coefficient (Wildman–Crippen LogP) is 5.78. The summed E-state index contributed by atoms with van der Waals surface area (Å²) in [7, 11) is 0. The van der Waals surface area contributed by atoms with Gasteiger partial charge in [0, 0.05) is 23.3 Å². The summed E-state index contributed by atoms with van der Waals surface area (Å²) in [4.78, 5) is 0. The van der Waals surface area contributed by atoms with Crippen LogP contribution in [0.25, 0.3) is 21.9 Å². The van der Waals surface area contributed by atoms with E-state index in [0.717, 1.165) is 6.54 Å². The van der Waals surface area contributed by atoms with Gasteiger partial charge in [0.25, 0.3) is 0 Å². The van der Waals surface area contributed by atoms with Gasteiger partial charge in [0.15, 0.2) is 12.8 Å². The van der Waals surface area contributed by atoms with Gasteiger partial charge in [0.2, 0.25) is 5.69 Å². The summed E-state index contributed by atoms with van der Waals surface area (Å²) in [5, 5.41) is 2.56. The average Bonchev–Trinajstić information content (AvgIpc) is 2.84. The highest BCUT2D eigenvalue weighted by Crippen LogP contribution is 2.31. The topological polar surface area (TPSA) is 3.01 Å². The molecule has 0 aromatic heterocycles. The molecule has 0 saturated heterocycles. The third kappa shape index (κ3) is 2.45. The van der Waals surface area contributed by atoms with Crippen LogP contribution in [0.5, 0.6) is 0 Å². The first-order valence-electron chi connectivity index (χ1n) is 8.66. The van der Waals surface area contributed by atoms with Crippen molar-refractivity contribution in [2.24, 2.45) is 0 Å². The highest BCUT2D eigenvalue weighted by molar-refractivity contribution is 5.91. The molecule has 1 nitrogen and oxygen atoms in total. The van der Waals surface area contributed by atoms with Crippen LogP contribution in [0.1, 0.15) is 11.1 Å². The first kappa shape index (κ1) is 14.2. The number of rotatable bonds is 1. The molecular formula is C24H18N+. The zero-order valence-electron chi connectivity index (χ0n) is 13.9. The van der Waals surface area contributed by atoms with Gasteiger partial charge in [-0.1, -0.05) is 66.7 Å². The van der Waals surface area contributed by atoms with Crippen molar-refractivity contribution in [3.8, 4) is 11.1 Å². The lowest BCUT2D eigenvalue weighted by Gasteiger charge is -2.06. The van der Waals surface area contributed by atoms with Gasteiger partial charge in [-0.15, -0.1) is 0 Å². The maximum Gasteiger partial charge on any atom is 0.206 e. The van der Waals surface area contributed by atoms with Crippen LogP contribution in [0.15, 0.2) is 91.0 Å². The Bertz CT molecular complexity index is 1120. The lowest BCUT2D eigenvalue weighted by Crippen LogP contribution is -2.06.